The number of allylic oxidation sites excluding steroid dienone is 2. The highest BCUT2D eigenvalue weighted by Crippen LogP contribution is 2.28. The second kappa shape index (κ2) is 6.27. The third-order valence-corrected chi connectivity index (χ3v) is 3.02. The Morgan fingerprint density at radius 2 is 2.05 bits per heavy atom. The molecule has 0 saturated heterocycles. The fourth-order valence-electron chi connectivity index (χ4n) is 2.01. The van der Waals surface area contributed by atoms with E-state index in [1.54, 1.807) is 20.3 Å². The number of rotatable bonds is 5. The van der Waals surface area contributed by atoms with Crippen molar-refractivity contribution in [2.75, 3.05) is 20.8 Å². The fraction of sp³-hybridized carbons (Fsp3) is 0.400. The van der Waals surface area contributed by atoms with Crippen LogP contribution in [0.25, 0.3) is 0 Å². The Hall–Kier alpha value is -1.97. The van der Waals surface area contributed by atoms with Gasteiger partial charge in [-0.15, -0.1) is 0 Å². The number of carbonyl (C=O) groups is 1. The van der Waals surface area contributed by atoms with Crippen LogP contribution in [0.5, 0.6) is 11.5 Å². The first-order chi connectivity index (χ1) is 9.24. The van der Waals surface area contributed by atoms with Gasteiger partial charge in [0.2, 0.25) is 5.78 Å². The summed E-state index contributed by atoms with van der Waals surface area (Å²) in [4.78, 5) is 12.1. The van der Waals surface area contributed by atoms with Crippen molar-refractivity contribution in [2.45, 2.75) is 19.3 Å². The van der Waals surface area contributed by atoms with Crippen molar-refractivity contribution < 1.29 is 19.0 Å². The molecule has 0 aromatic heterocycles. The standard InChI is InChI=1S/C15H18O4/c1-17-14-7-6-11(10-15(14)18-2)9-12(16)13-5-3-4-8-19-13/h5-7,10H,3-4,8-9H2,1-2H3. The summed E-state index contributed by atoms with van der Waals surface area (Å²) >= 11 is 0. The number of ether oxygens (including phenoxy) is 3. The van der Waals surface area contributed by atoms with Gasteiger partial charge in [-0.25, -0.2) is 0 Å². The molecule has 0 unspecified atom stereocenters. The Kier molecular flexibility index (Phi) is 4.44. The van der Waals surface area contributed by atoms with Crippen LogP contribution in [0.1, 0.15) is 18.4 Å². The lowest BCUT2D eigenvalue weighted by Gasteiger charge is -2.14. The molecule has 0 bridgehead atoms. The van der Waals surface area contributed by atoms with Crippen molar-refractivity contribution in [1.29, 1.82) is 0 Å². The largest absolute Gasteiger partial charge is 0.493 e. The molecular formula is C15H18O4. The van der Waals surface area contributed by atoms with Crippen LogP contribution in [0.2, 0.25) is 0 Å². The molecule has 0 amide bonds. The lowest BCUT2D eigenvalue weighted by Crippen LogP contribution is -2.13. The summed E-state index contributed by atoms with van der Waals surface area (Å²) in [6, 6.07) is 5.49. The molecule has 102 valence electrons. The normalized spacial score (nSPS) is 14.3. The predicted octanol–water partition coefficient (Wildman–Crippen LogP) is 2.51. The van der Waals surface area contributed by atoms with Crippen molar-refractivity contribution in [2.24, 2.45) is 0 Å². The maximum Gasteiger partial charge on any atom is 0.201 e. The van der Waals surface area contributed by atoms with Crippen LogP contribution in [0.3, 0.4) is 0 Å². The van der Waals surface area contributed by atoms with Gasteiger partial charge in [0.15, 0.2) is 17.3 Å². The van der Waals surface area contributed by atoms with Gasteiger partial charge in [-0.2, -0.15) is 0 Å². The van der Waals surface area contributed by atoms with E-state index in [0.717, 1.165) is 18.4 Å². The van der Waals surface area contributed by atoms with Gasteiger partial charge in [0.05, 0.1) is 20.8 Å². The second-order valence-electron chi connectivity index (χ2n) is 4.35. The summed E-state index contributed by atoms with van der Waals surface area (Å²) < 4.78 is 15.8. The van der Waals surface area contributed by atoms with Crippen molar-refractivity contribution >= 4 is 5.78 Å². The maximum atomic E-state index is 12.1. The SMILES string of the molecule is COc1ccc(CC(=O)C2=CCCCO2)cc1OC. The summed E-state index contributed by atoms with van der Waals surface area (Å²) in [7, 11) is 3.17. The molecule has 1 aromatic rings. The topological polar surface area (TPSA) is 44.8 Å². The predicted molar refractivity (Wildman–Crippen MR) is 71.5 cm³/mol. The van der Waals surface area contributed by atoms with Crippen LogP contribution < -0.4 is 9.47 Å². The van der Waals surface area contributed by atoms with Crippen LogP contribution in [0, 0.1) is 0 Å². The van der Waals surface area contributed by atoms with Crippen LogP contribution in [-0.4, -0.2) is 26.6 Å². The highest BCUT2D eigenvalue weighted by Gasteiger charge is 2.15. The van der Waals surface area contributed by atoms with Crippen molar-refractivity contribution in [3.63, 3.8) is 0 Å². The molecule has 0 spiro atoms. The molecule has 1 aliphatic rings. The first kappa shape index (κ1) is 13.5. The molecule has 2 rings (SSSR count). The number of hydrogen-bond acceptors (Lipinski definition) is 4. The average Bonchev–Trinajstić information content (AvgIpc) is 2.48. The average molecular weight is 262 g/mol. The van der Waals surface area contributed by atoms with E-state index in [4.69, 9.17) is 14.2 Å². The van der Waals surface area contributed by atoms with Crippen LogP contribution >= 0.6 is 0 Å². The molecule has 1 heterocycles. The van der Waals surface area contributed by atoms with Gasteiger partial charge >= 0.3 is 0 Å². The second-order valence-corrected chi connectivity index (χ2v) is 4.35. The zero-order chi connectivity index (χ0) is 13.7. The molecular weight excluding hydrogens is 244 g/mol. The minimum Gasteiger partial charge on any atom is -0.493 e. The lowest BCUT2D eigenvalue weighted by atomic mass is 10.1. The molecule has 1 aromatic carbocycles. The molecule has 4 heteroatoms. The lowest BCUT2D eigenvalue weighted by molar-refractivity contribution is -0.118. The van der Waals surface area contributed by atoms with Crippen molar-refractivity contribution in [1.82, 2.24) is 0 Å². The number of methoxy groups -OCH3 is 2. The van der Waals surface area contributed by atoms with Crippen molar-refractivity contribution in [3.8, 4) is 11.5 Å². The minimum absolute atomic E-state index is 0.00641. The first-order valence-corrected chi connectivity index (χ1v) is 6.31. The molecule has 1 aliphatic heterocycles. The third-order valence-electron chi connectivity index (χ3n) is 3.02. The van der Waals surface area contributed by atoms with E-state index in [1.807, 2.05) is 18.2 Å². The van der Waals surface area contributed by atoms with E-state index in [1.165, 1.54) is 0 Å². The number of hydrogen-bond donors (Lipinski definition) is 0. The smallest absolute Gasteiger partial charge is 0.201 e. The van der Waals surface area contributed by atoms with Gasteiger partial charge in [-0.3, -0.25) is 4.79 Å². The maximum absolute atomic E-state index is 12.1. The van der Waals surface area contributed by atoms with Gasteiger partial charge < -0.3 is 14.2 Å². The minimum atomic E-state index is 0.00641. The highest BCUT2D eigenvalue weighted by atomic mass is 16.5. The Bertz CT molecular complexity index is 491. The summed E-state index contributed by atoms with van der Waals surface area (Å²) in [5.74, 6) is 1.78. The summed E-state index contributed by atoms with van der Waals surface area (Å²) in [5.41, 5.74) is 0.887. The van der Waals surface area contributed by atoms with Gasteiger partial charge in [-0.05, 0) is 36.6 Å². The Balaban J connectivity index is 2.10. The number of carbonyl (C=O) groups excluding carboxylic acids is 1. The fourth-order valence-corrected chi connectivity index (χ4v) is 2.01. The van der Waals surface area contributed by atoms with Crippen LogP contribution in [0.15, 0.2) is 30.0 Å². The van der Waals surface area contributed by atoms with Gasteiger partial charge in [-0.1, -0.05) is 6.07 Å². The monoisotopic (exact) mass is 262 g/mol. The molecule has 0 radical (unpaired) electrons. The quantitative estimate of drug-likeness (QED) is 0.818. The molecule has 0 aliphatic carbocycles. The van der Waals surface area contributed by atoms with E-state index in [-0.39, 0.29) is 5.78 Å². The number of ketones is 1. The Morgan fingerprint density at radius 1 is 1.26 bits per heavy atom. The zero-order valence-corrected chi connectivity index (χ0v) is 11.3. The first-order valence-electron chi connectivity index (χ1n) is 6.31. The third kappa shape index (κ3) is 3.28. The van der Waals surface area contributed by atoms with Gasteiger partial charge in [0.1, 0.15) is 0 Å². The molecule has 4 nitrogen and oxygen atoms in total. The summed E-state index contributed by atoms with van der Waals surface area (Å²) in [5, 5.41) is 0. The number of Topliss-reactive ketones (excluding diaryl/α,β-unsaturated/α-hetero) is 1. The summed E-state index contributed by atoms with van der Waals surface area (Å²) in [6.07, 6.45) is 4.07. The zero-order valence-electron chi connectivity index (χ0n) is 11.3. The van der Waals surface area contributed by atoms with E-state index >= 15 is 0 Å². The number of benzene rings is 1. The molecule has 0 N–H and O–H groups in total. The highest BCUT2D eigenvalue weighted by molar-refractivity contribution is 5.95. The van der Waals surface area contributed by atoms with Gasteiger partial charge in [0.25, 0.3) is 0 Å². The van der Waals surface area contributed by atoms with E-state index in [2.05, 4.69) is 0 Å². The molecule has 0 fully saturated rings. The molecule has 19 heavy (non-hydrogen) atoms. The molecule has 0 saturated carbocycles. The van der Waals surface area contributed by atoms with Crippen LogP contribution in [0.4, 0.5) is 0 Å². The van der Waals surface area contributed by atoms with E-state index < -0.39 is 0 Å². The Morgan fingerprint density at radius 3 is 2.68 bits per heavy atom. The van der Waals surface area contributed by atoms with Gasteiger partial charge in [0, 0.05) is 6.42 Å². The molecule has 0 atom stereocenters. The van der Waals surface area contributed by atoms with E-state index in [9.17, 15) is 4.79 Å². The van der Waals surface area contributed by atoms with E-state index in [0.29, 0.717) is 30.3 Å². The van der Waals surface area contributed by atoms with Crippen molar-refractivity contribution in [3.05, 3.63) is 35.6 Å². The Labute approximate surface area is 113 Å². The summed E-state index contributed by atoms with van der Waals surface area (Å²) in [6.45, 7) is 0.628. The van der Waals surface area contributed by atoms with Crippen LogP contribution in [-0.2, 0) is 16.0 Å².